The van der Waals surface area contributed by atoms with E-state index in [1.165, 1.54) is 11.1 Å². The second kappa shape index (κ2) is 12.0. The molecule has 2 aromatic heterocycles. The summed E-state index contributed by atoms with van der Waals surface area (Å²) in [5, 5.41) is 7.62. The molecule has 4 nitrogen and oxygen atoms in total. The van der Waals surface area contributed by atoms with E-state index >= 15 is 0 Å². The normalized spacial score (nSPS) is 14.1. The van der Waals surface area contributed by atoms with E-state index in [9.17, 15) is 0 Å². The number of aromatic nitrogens is 3. The Morgan fingerprint density at radius 1 is 0.659 bits per heavy atom. The number of pyridine rings is 1. The van der Waals surface area contributed by atoms with Crippen LogP contribution in [0.3, 0.4) is 0 Å². The number of aryl methyl sites for hydroxylation is 1. The van der Waals surface area contributed by atoms with Crippen molar-refractivity contribution in [2.75, 3.05) is 4.90 Å². The van der Waals surface area contributed by atoms with Gasteiger partial charge < -0.3 is 4.90 Å². The highest BCUT2D eigenvalue weighted by molar-refractivity contribution is 5.80. The minimum absolute atomic E-state index is 0.591. The fourth-order valence-electron chi connectivity index (χ4n) is 6.38. The molecule has 0 amide bonds. The lowest BCUT2D eigenvalue weighted by Gasteiger charge is -2.38. The number of nitrogens with one attached hydrogen (secondary N) is 1. The average molecular weight is 571 g/mol. The molecule has 0 radical (unpaired) electrons. The van der Waals surface area contributed by atoms with E-state index in [1.807, 2.05) is 19.2 Å². The first-order valence-corrected chi connectivity index (χ1v) is 15.2. The minimum atomic E-state index is -0.591. The van der Waals surface area contributed by atoms with Crippen molar-refractivity contribution in [2.24, 2.45) is 0 Å². The molecule has 7 rings (SSSR count). The van der Waals surface area contributed by atoms with Crippen LogP contribution in [-0.2, 0) is 5.41 Å². The maximum Gasteiger partial charge on any atom is 0.0924 e. The van der Waals surface area contributed by atoms with Gasteiger partial charge in [0.1, 0.15) is 0 Å². The first-order chi connectivity index (χ1) is 21.7. The van der Waals surface area contributed by atoms with Crippen LogP contribution in [0.5, 0.6) is 0 Å². The van der Waals surface area contributed by atoms with E-state index in [0.717, 1.165) is 58.1 Å². The molecular formula is C40H34N4. The highest BCUT2D eigenvalue weighted by atomic mass is 15.1. The third-order valence-electron chi connectivity index (χ3n) is 8.34. The van der Waals surface area contributed by atoms with Crippen molar-refractivity contribution in [3.8, 4) is 11.3 Å². The number of nitrogens with zero attached hydrogens (tertiary/aromatic N) is 3. The zero-order chi connectivity index (χ0) is 29.8. The largest absolute Gasteiger partial charge is 0.310 e. The Hall–Kier alpha value is -5.48. The van der Waals surface area contributed by atoms with Gasteiger partial charge in [0.15, 0.2) is 0 Å². The second-order valence-corrected chi connectivity index (χ2v) is 11.2. The number of para-hydroxylation sites is 1. The lowest BCUT2D eigenvalue weighted by atomic mass is 9.65. The van der Waals surface area contributed by atoms with Crippen LogP contribution in [0.4, 0.5) is 17.1 Å². The Labute approximate surface area is 259 Å². The van der Waals surface area contributed by atoms with Crippen molar-refractivity contribution in [1.29, 1.82) is 0 Å². The van der Waals surface area contributed by atoms with Gasteiger partial charge in [-0.15, -0.1) is 0 Å². The molecule has 0 spiro atoms. The van der Waals surface area contributed by atoms with Gasteiger partial charge in [0.05, 0.1) is 16.8 Å². The van der Waals surface area contributed by atoms with Gasteiger partial charge in [0.25, 0.3) is 0 Å². The fraction of sp³-hybridized carbons (Fsp3) is 0.100. The monoisotopic (exact) mass is 570 g/mol. The fourth-order valence-corrected chi connectivity index (χ4v) is 6.38. The molecule has 214 valence electrons. The van der Waals surface area contributed by atoms with Gasteiger partial charge in [0, 0.05) is 34.5 Å². The molecule has 2 heterocycles. The van der Waals surface area contributed by atoms with E-state index in [2.05, 4.69) is 161 Å². The molecule has 0 bridgehead atoms. The Bertz CT molecular complexity index is 1880. The number of benzene rings is 4. The molecule has 1 N–H and O–H groups in total. The molecule has 1 aliphatic rings. The first kappa shape index (κ1) is 27.4. The Morgan fingerprint density at radius 2 is 1.36 bits per heavy atom. The van der Waals surface area contributed by atoms with Gasteiger partial charge in [-0.1, -0.05) is 97.1 Å². The van der Waals surface area contributed by atoms with Crippen LogP contribution in [0.25, 0.3) is 11.3 Å². The van der Waals surface area contributed by atoms with E-state index in [-0.39, 0.29) is 0 Å². The van der Waals surface area contributed by atoms with Crippen molar-refractivity contribution >= 4 is 17.1 Å². The summed E-state index contributed by atoms with van der Waals surface area (Å²) in [6.07, 6.45) is 10.9. The molecule has 0 unspecified atom stereocenters. The minimum Gasteiger partial charge on any atom is -0.310 e. The van der Waals surface area contributed by atoms with Crippen LogP contribution >= 0.6 is 0 Å². The molecule has 1 aliphatic carbocycles. The number of allylic oxidation sites excluding steroid dienone is 4. The Morgan fingerprint density at radius 3 is 2.07 bits per heavy atom. The molecule has 6 aromatic rings. The molecule has 4 aromatic carbocycles. The van der Waals surface area contributed by atoms with Crippen LogP contribution in [0.1, 0.15) is 35.4 Å². The quantitative estimate of drug-likeness (QED) is 0.198. The van der Waals surface area contributed by atoms with Gasteiger partial charge in [-0.05, 0) is 91.1 Å². The second-order valence-electron chi connectivity index (χ2n) is 11.2. The third-order valence-corrected chi connectivity index (χ3v) is 8.34. The molecule has 44 heavy (non-hydrogen) atoms. The highest BCUT2D eigenvalue weighted by Crippen LogP contribution is 2.48. The molecule has 0 saturated heterocycles. The summed E-state index contributed by atoms with van der Waals surface area (Å²) < 4.78 is 0. The van der Waals surface area contributed by atoms with E-state index in [4.69, 9.17) is 4.98 Å². The van der Waals surface area contributed by atoms with Crippen LogP contribution < -0.4 is 4.90 Å². The van der Waals surface area contributed by atoms with Crippen LogP contribution in [-0.4, -0.2) is 15.2 Å². The highest BCUT2D eigenvalue weighted by Gasteiger charge is 2.41. The summed E-state index contributed by atoms with van der Waals surface area (Å²) >= 11 is 0. The van der Waals surface area contributed by atoms with Crippen LogP contribution in [0.2, 0.25) is 0 Å². The van der Waals surface area contributed by atoms with Gasteiger partial charge in [-0.2, -0.15) is 5.10 Å². The van der Waals surface area contributed by atoms with Crippen molar-refractivity contribution < 1.29 is 0 Å². The first-order valence-electron chi connectivity index (χ1n) is 15.2. The number of hydrogen-bond acceptors (Lipinski definition) is 3. The molecular weight excluding hydrogens is 536 g/mol. The van der Waals surface area contributed by atoms with Crippen molar-refractivity contribution in [1.82, 2.24) is 15.2 Å². The van der Waals surface area contributed by atoms with E-state index < -0.39 is 5.41 Å². The van der Waals surface area contributed by atoms with E-state index in [1.54, 1.807) is 0 Å². The number of hydrogen-bond donors (Lipinski definition) is 1. The lowest BCUT2D eigenvalue weighted by molar-refractivity contribution is 0.702. The number of aromatic amines is 1. The van der Waals surface area contributed by atoms with E-state index in [0.29, 0.717) is 0 Å². The third kappa shape index (κ3) is 5.05. The summed E-state index contributed by atoms with van der Waals surface area (Å²) in [6.45, 7) is 2.03. The van der Waals surface area contributed by atoms with Gasteiger partial charge in [0.2, 0.25) is 0 Å². The summed E-state index contributed by atoms with van der Waals surface area (Å²) in [4.78, 5) is 7.34. The molecule has 0 aliphatic heterocycles. The predicted octanol–water partition coefficient (Wildman–Crippen LogP) is 9.86. The molecule has 0 fully saturated rings. The van der Waals surface area contributed by atoms with Gasteiger partial charge in [-0.3, -0.25) is 10.1 Å². The Kier molecular flexibility index (Phi) is 7.47. The standard InChI is InChI=1S/C40H34N4/c1-30-27-38(43-42-30)31-15-13-23-36(28-31)44(35-21-9-4-10-22-35)37-24-14-20-34(29-37)40(32-16-5-2-6-17-32,33-18-7-3-8-19-33)39-25-11-12-26-41-39/h2,4-7,9-29H,3,8H2,1H3,(H,42,43)/t40-/m0/s1. The number of rotatable bonds is 8. The lowest BCUT2D eigenvalue weighted by Crippen LogP contribution is -2.33. The van der Waals surface area contributed by atoms with Gasteiger partial charge >= 0.3 is 0 Å². The smallest absolute Gasteiger partial charge is 0.0924 e. The Balaban J connectivity index is 1.46. The summed E-state index contributed by atoms with van der Waals surface area (Å²) in [6, 6.07) is 47.2. The molecule has 0 saturated carbocycles. The molecule has 1 atom stereocenters. The average Bonchev–Trinajstić information content (AvgIpc) is 3.54. The predicted molar refractivity (Wildman–Crippen MR) is 180 cm³/mol. The van der Waals surface area contributed by atoms with Crippen molar-refractivity contribution in [3.05, 3.63) is 186 Å². The zero-order valence-electron chi connectivity index (χ0n) is 24.8. The molecule has 4 heteroatoms. The van der Waals surface area contributed by atoms with Gasteiger partial charge in [-0.25, -0.2) is 0 Å². The van der Waals surface area contributed by atoms with Crippen LogP contribution in [0.15, 0.2) is 163 Å². The number of H-pyrrole nitrogens is 1. The summed E-state index contributed by atoms with van der Waals surface area (Å²) in [7, 11) is 0. The van der Waals surface area contributed by atoms with Crippen LogP contribution in [0, 0.1) is 6.92 Å². The summed E-state index contributed by atoms with van der Waals surface area (Å²) in [5.74, 6) is 0. The summed E-state index contributed by atoms with van der Waals surface area (Å²) in [5.41, 5.74) is 10.3. The number of anilines is 3. The maximum absolute atomic E-state index is 5.02. The SMILES string of the molecule is Cc1cc(-c2cccc(N(c3ccccc3)c3cccc([C@@](C4=CCCC=C4)(c4ccccc4)c4ccccn4)c3)c2)n[nH]1. The van der Waals surface area contributed by atoms with Crippen molar-refractivity contribution in [2.45, 2.75) is 25.2 Å². The zero-order valence-corrected chi connectivity index (χ0v) is 24.8. The maximum atomic E-state index is 5.02. The van der Waals surface area contributed by atoms with Crippen molar-refractivity contribution in [3.63, 3.8) is 0 Å². The topological polar surface area (TPSA) is 44.8 Å².